The van der Waals surface area contributed by atoms with Gasteiger partial charge in [0.2, 0.25) is 0 Å². The first-order chi connectivity index (χ1) is 8.79. The van der Waals surface area contributed by atoms with Crippen LogP contribution in [0.4, 0.5) is 5.82 Å². The summed E-state index contributed by atoms with van der Waals surface area (Å²) in [5.41, 5.74) is 1.72. The van der Waals surface area contributed by atoms with Crippen LogP contribution in [0.3, 0.4) is 0 Å². The first-order valence-corrected chi connectivity index (χ1v) is 6.12. The molecule has 0 aliphatic heterocycles. The Morgan fingerprint density at radius 1 is 1.50 bits per heavy atom. The summed E-state index contributed by atoms with van der Waals surface area (Å²) < 4.78 is 4.60. The highest BCUT2D eigenvalue weighted by molar-refractivity contribution is 5.87. The fraction of sp³-hybridized carbons (Fsp3) is 0.462. The van der Waals surface area contributed by atoms with E-state index in [1.165, 1.54) is 38.1 Å². The maximum atomic E-state index is 11.3. The maximum Gasteiger partial charge on any atom is 0.358 e. The number of carbonyl (C=O) groups excluding carboxylic acids is 1. The molecule has 5 nitrogen and oxygen atoms in total. The molecule has 1 heterocycles. The van der Waals surface area contributed by atoms with Crippen LogP contribution in [-0.2, 0) is 4.74 Å². The third-order valence-corrected chi connectivity index (χ3v) is 2.92. The van der Waals surface area contributed by atoms with E-state index in [1.807, 2.05) is 0 Å². The highest BCUT2D eigenvalue weighted by Gasteiger charge is 2.08. The summed E-state index contributed by atoms with van der Waals surface area (Å²) in [7, 11) is 1.33. The van der Waals surface area contributed by atoms with Gasteiger partial charge in [-0.25, -0.2) is 9.78 Å². The first kappa shape index (κ1) is 12.5. The number of nitrogens with zero attached hydrogens (tertiary/aromatic N) is 2. The largest absolute Gasteiger partial charge is 0.464 e. The van der Waals surface area contributed by atoms with Gasteiger partial charge in [0.1, 0.15) is 5.82 Å². The van der Waals surface area contributed by atoms with E-state index in [4.69, 9.17) is 0 Å². The summed E-state index contributed by atoms with van der Waals surface area (Å²) in [6, 6.07) is 0. The molecule has 0 atom stereocenters. The molecule has 0 bridgehead atoms. The van der Waals surface area contributed by atoms with Crippen molar-refractivity contribution in [1.82, 2.24) is 9.97 Å². The Hall–Kier alpha value is -1.91. The van der Waals surface area contributed by atoms with Crippen molar-refractivity contribution in [2.24, 2.45) is 0 Å². The zero-order valence-electron chi connectivity index (χ0n) is 10.5. The van der Waals surface area contributed by atoms with E-state index in [-0.39, 0.29) is 5.69 Å². The highest BCUT2D eigenvalue weighted by Crippen LogP contribution is 2.20. The molecule has 1 aromatic rings. The number of hydrogen-bond donors (Lipinski definition) is 1. The lowest BCUT2D eigenvalue weighted by molar-refractivity contribution is 0.0593. The predicted octanol–water partition coefficient (Wildman–Crippen LogP) is 2.18. The third-order valence-electron chi connectivity index (χ3n) is 2.92. The van der Waals surface area contributed by atoms with Crippen molar-refractivity contribution in [1.29, 1.82) is 0 Å². The molecule has 0 saturated heterocycles. The first-order valence-electron chi connectivity index (χ1n) is 6.12. The van der Waals surface area contributed by atoms with Crippen LogP contribution in [0.15, 0.2) is 24.0 Å². The van der Waals surface area contributed by atoms with Crippen LogP contribution in [0, 0.1) is 0 Å². The lowest BCUT2D eigenvalue weighted by Crippen LogP contribution is -2.09. The molecule has 1 N–H and O–H groups in total. The van der Waals surface area contributed by atoms with Crippen LogP contribution in [0.25, 0.3) is 0 Å². The molecule has 5 heteroatoms. The van der Waals surface area contributed by atoms with Crippen molar-refractivity contribution in [2.75, 3.05) is 19.0 Å². The van der Waals surface area contributed by atoms with Crippen LogP contribution in [0.2, 0.25) is 0 Å². The number of carbonyl (C=O) groups is 1. The van der Waals surface area contributed by atoms with Crippen molar-refractivity contribution >= 4 is 11.8 Å². The number of anilines is 1. The van der Waals surface area contributed by atoms with Crippen LogP contribution in [-0.4, -0.2) is 29.6 Å². The second kappa shape index (κ2) is 6.14. The van der Waals surface area contributed by atoms with E-state index in [0.717, 1.165) is 13.0 Å². The molecule has 0 amide bonds. The Morgan fingerprint density at radius 2 is 2.39 bits per heavy atom. The van der Waals surface area contributed by atoms with Gasteiger partial charge in [0.05, 0.1) is 19.5 Å². The summed E-state index contributed by atoms with van der Waals surface area (Å²) >= 11 is 0. The van der Waals surface area contributed by atoms with Crippen molar-refractivity contribution in [3.05, 3.63) is 29.7 Å². The molecule has 0 aromatic carbocycles. The number of nitrogens with one attached hydrogen (secondary N) is 1. The number of ether oxygens (including phenoxy) is 1. The van der Waals surface area contributed by atoms with Gasteiger partial charge in [-0.1, -0.05) is 11.6 Å². The number of hydrogen-bond acceptors (Lipinski definition) is 5. The van der Waals surface area contributed by atoms with Crippen molar-refractivity contribution in [2.45, 2.75) is 25.7 Å². The van der Waals surface area contributed by atoms with E-state index in [9.17, 15) is 4.79 Å². The molecule has 0 fully saturated rings. The molecule has 2 rings (SSSR count). The van der Waals surface area contributed by atoms with Crippen LogP contribution in [0.5, 0.6) is 0 Å². The van der Waals surface area contributed by atoms with Gasteiger partial charge < -0.3 is 10.1 Å². The molecule has 0 radical (unpaired) electrons. The highest BCUT2D eigenvalue weighted by atomic mass is 16.5. The van der Waals surface area contributed by atoms with E-state index in [1.54, 1.807) is 6.20 Å². The summed E-state index contributed by atoms with van der Waals surface area (Å²) in [6.07, 6.45) is 10.0. The van der Waals surface area contributed by atoms with Crippen LogP contribution < -0.4 is 5.32 Å². The van der Waals surface area contributed by atoms with E-state index >= 15 is 0 Å². The minimum atomic E-state index is -0.468. The van der Waals surface area contributed by atoms with Gasteiger partial charge in [-0.15, -0.1) is 0 Å². The van der Waals surface area contributed by atoms with Gasteiger partial charge in [0.15, 0.2) is 5.69 Å². The van der Waals surface area contributed by atoms with Gasteiger partial charge in [0.25, 0.3) is 0 Å². The molecule has 96 valence electrons. The molecule has 0 unspecified atom stereocenters. The molecular weight excluding hydrogens is 230 g/mol. The van der Waals surface area contributed by atoms with Gasteiger partial charge in [-0.3, -0.25) is 4.98 Å². The summed E-state index contributed by atoms with van der Waals surface area (Å²) in [4.78, 5) is 19.4. The SMILES string of the molecule is COC(=O)c1cncc(NCCC2=CCCC2)n1. The molecule has 0 spiro atoms. The lowest BCUT2D eigenvalue weighted by Gasteiger charge is -2.06. The fourth-order valence-electron chi connectivity index (χ4n) is 1.97. The average Bonchev–Trinajstić information content (AvgIpc) is 2.91. The topological polar surface area (TPSA) is 64.1 Å². The normalized spacial score (nSPS) is 14.2. The molecule has 1 aliphatic carbocycles. The van der Waals surface area contributed by atoms with E-state index < -0.39 is 5.97 Å². The summed E-state index contributed by atoms with van der Waals surface area (Å²) in [5, 5.41) is 3.17. The standard InChI is InChI=1S/C13H17N3O2/c1-18-13(17)11-8-14-9-12(16-11)15-7-6-10-4-2-3-5-10/h4,8-9H,2-3,5-7H2,1H3,(H,15,16). The molecule has 18 heavy (non-hydrogen) atoms. The quantitative estimate of drug-likeness (QED) is 0.638. The molecule has 1 aromatic heterocycles. The Bertz CT molecular complexity index is 457. The Kier molecular flexibility index (Phi) is 4.28. The second-order valence-corrected chi connectivity index (χ2v) is 4.21. The zero-order valence-corrected chi connectivity index (χ0v) is 10.5. The number of methoxy groups -OCH3 is 1. The molecule has 1 aliphatic rings. The maximum absolute atomic E-state index is 11.3. The molecule has 0 saturated carbocycles. The summed E-state index contributed by atoms with van der Waals surface area (Å²) in [5.74, 6) is 0.140. The van der Waals surface area contributed by atoms with E-state index in [2.05, 4.69) is 26.1 Å². The number of allylic oxidation sites excluding steroid dienone is 1. The second-order valence-electron chi connectivity index (χ2n) is 4.21. The van der Waals surface area contributed by atoms with Crippen LogP contribution in [0.1, 0.15) is 36.2 Å². The minimum absolute atomic E-state index is 0.225. The Balaban J connectivity index is 1.87. The summed E-state index contributed by atoms with van der Waals surface area (Å²) in [6.45, 7) is 0.811. The van der Waals surface area contributed by atoms with Gasteiger partial charge in [0, 0.05) is 6.54 Å². The number of aromatic nitrogens is 2. The zero-order chi connectivity index (χ0) is 12.8. The van der Waals surface area contributed by atoms with Crippen molar-refractivity contribution in [3.63, 3.8) is 0 Å². The fourth-order valence-corrected chi connectivity index (χ4v) is 1.97. The van der Waals surface area contributed by atoms with Gasteiger partial charge in [-0.2, -0.15) is 0 Å². The molecular formula is C13H17N3O2. The van der Waals surface area contributed by atoms with Crippen LogP contribution >= 0.6 is 0 Å². The van der Waals surface area contributed by atoms with Crippen molar-refractivity contribution in [3.8, 4) is 0 Å². The van der Waals surface area contributed by atoms with E-state index in [0.29, 0.717) is 5.82 Å². The Morgan fingerprint density at radius 3 is 3.11 bits per heavy atom. The minimum Gasteiger partial charge on any atom is -0.464 e. The van der Waals surface area contributed by atoms with Gasteiger partial charge >= 0.3 is 5.97 Å². The third kappa shape index (κ3) is 3.29. The predicted molar refractivity (Wildman–Crippen MR) is 68.4 cm³/mol. The number of rotatable bonds is 5. The monoisotopic (exact) mass is 247 g/mol. The van der Waals surface area contributed by atoms with Crippen molar-refractivity contribution < 1.29 is 9.53 Å². The van der Waals surface area contributed by atoms with Gasteiger partial charge in [-0.05, 0) is 25.7 Å². The Labute approximate surface area is 106 Å². The number of esters is 1. The smallest absolute Gasteiger partial charge is 0.358 e. The lowest BCUT2D eigenvalue weighted by atomic mass is 10.2. The average molecular weight is 247 g/mol.